The molecule has 1 saturated heterocycles. The highest BCUT2D eigenvalue weighted by molar-refractivity contribution is 7.08. The summed E-state index contributed by atoms with van der Waals surface area (Å²) in [5.74, 6) is 0. The van der Waals surface area contributed by atoms with Gasteiger partial charge in [0.25, 0.3) is 5.56 Å². The average Bonchev–Trinajstić information content (AvgIpc) is 3.45. The molecule has 1 unspecified atom stereocenters. The SMILES string of the molecule is Cl.O=c1[nH]c(=O)n(CCCN2CCC3(CCc4cc(Cl)ccc43)C2)cc1-c1ccsc1. The summed E-state index contributed by atoms with van der Waals surface area (Å²) in [5, 5.41) is 4.69. The van der Waals surface area contributed by atoms with Gasteiger partial charge in [-0.25, -0.2) is 4.79 Å². The van der Waals surface area contributed by atoms with Crippen LogP contribution >= 0.6 is 35.3 Å². The van der Waals surface area contributed by atoms with Crippen LogP contribution in [0.5, 0.6) is 0 Å². The lowest BCUT2D eigenvalue weighted by atomic mass is 9.81. The molecule has 1 fully saturated rings. The Hall–Kier alpha value is -1.86. The fourth-order valence-electron chi connectivity index (χ4n) is 5.13. The van der Waals surface area contributed by atoms with Crippen LogP contribution in [0.25, 0.3) is 11.1 Å². The minimum absolute atomic E-state index is 0. The lowest BCUT2D eigenvalue weighted by molar-refractivity contribution is 0.298. The Bertz CT molecular complexity index is 1190. The van der Waals surface area contributed by atoms with Gasteiger partial charge < -0.3 is 4.90 Å². The quantitative estimate of drug-likeness (QED) is 0.594. The van der Waals surface area contributed by atoms with Crippen molar-refractivity contribution in [2.24, 2.45) is 0 Å². The Morgan fingerprint density at radius 2 is 2.03 bits per heavy atom. The molecule has 1 aromatic carbocycles. The molecule has 3 heterocycles. The molecule has 5 nitrogen and oxygen atoms in total. The van der Waals surface area contributed by atoms with Gasteiger partial charge in [0.2, 0.25) is 0 Å². The first-order valence-electron chi connectivity index (χ1n) is 10.4. The maximum absolute atomic E-state index is 12.2. The second-order valence-electron chi connectivity index (χ2n) is 8.47. The minimum atomic E-state index is -0.335. The van der Waals surface area contributed by atoms with Gasteiger partial charge >= 0.3 is 5.69 Å². The third-order valence-electron chi connectivity index (χ3n) is 6.66. The van der Waals surface area contributed by atoms with E-state index in [1.165, 1.54) is 35.3 Å². The fourth-order valence-corrected chi connectivity index (χ4v) is 5.98. The first-order valence-corrected chi connectivity index (χ1v) is 11.7. The fraction of sp³-hybridized carbons (Fsp3) is 0.391. The predicted octanol–water partition coefficient (Wildman–Crippen LogP) is 4.32. The highest BCUT2D eigenvalue weighted by Gasteiger charge is 2.43. The second kappa shape index (κ2) is 8.94. The molecule has 2 aliphatic rings. The van der Waals surface area contributed by atoms with Crippen molar-refractivity contribution >= 4 is 35.3 Å². The van der Waals surface area contributed by atoms with E-state index in [4.69, 9.17) is 11.6 Å². The number of fused-ring (bicyclic) bond motifs is 2. The lowest BCUT2D eigenvalue weighted by Gasteiger charge is -2.25. The molecule has 1 aliphatic carbocycles. The van der Waals surface area contributed by atoms with Crippen LogP contribution in [0.2, 0.25) is 5.02 Å². The number of H-pyrrole nitrogens is 1. The third kappa shape index (κ3) is 4.27. The largest absolute Gasteiger partial charge is 0.328 e. The first kappa shape index (κ1) is 22.3. The highest BCUT2D eigenvalue weighted by Crippen LogP contribution is 2.46. The van der Waals surface area contributed by atoms with E-state index < -0.39 is 0 Å². The maximum Gasteiger partial charge on any atom is 0.328 e. The Morgan fingerprint density at radius 3 is 2.84 bits per heavy atom. The zero-order valence-electron chi connectivity index (χ0n) is 17.1. The van der Waals surface area contributed by atoms with E-state index in [9.17, 15) is 9.59 Å². The molecule has 0 bridgehead atoms. The molecule has 1 N–H and O–H groups in total. The van der Waals surface area contributed by atoms with E-state index in [1.54, 1.807) is 10.8 Å². The van der Waals surface area contributed by atoms with Crippen molar-refractivity contribution in [2.75, 3.05) is 19.6 Å². The van der Waals surface area contributed by atoms with Crippen molar-refractivity contribution in [1.29, 1.82) is 0 Å². The van der Waals surface area contributed by atoms with E-state index in [2.05, 4.69) is 22.0 Å². The number of likely N-dealkylation sites (tertiary alicyclic amines) is 1. The van der Waals surface area contributed by atoms with Crippen LogP contribution in [0.1, 0.15) is 30.4 Å². The summed E-state index contributed by atoms with van der Waals surface area (Å²) in [6.45, 7) is 3.71. The van der Waals surface area contributed by atoms with Gasteiger partial charge in [0.15, 0.2) is 0 Å². The van der Waals surface area contributed by atoms with E-state index >= 15 is 0 Å². The number of hydrogen-bond acceptors (Lipinski definition) is 4. The Morgan fingerprint density at radius 1 is 1.16 bits per heavy atom. The summed E-state index contributed by atoms with van der Waals surface area (Å²) in [6, 6.07) is 8.27. The molecular weight excluding hydrogens is 453 g/mol. The molecule has 5 rings (SSSR count). The van der Waals surface area contributed by atoms with Crippen LogP contribution in [0.4, 0.5) is 0 Å². The predicted molar refractivity (Wildman–Crippen MR) is 129 cm³/mol. The number of nitrogens with zero attached hydrogens (tertiary/aromatic N) is 2. The van der Waals surface area contributed by atoms with Crippen molar-refractivity contribution in [3.63, 3.8) is 0 Å². The smallest absolute Gasteiger partial charge is 0.302 e. The van der Waals surface area contributed by atoms with Crippen molar-refractivity contribution < 1.29 is 0 Å². The summed E-state index contributed by atoms with van der Waals surface area (Å²) < 4.78 is 1.63. The first-order chi connectivity index (χ1) is 14.5. The standard InChI is InChI=1S/C23H24ClN3O2S.ClH/c24-18-2-3-20-16(12-18)4-6-23(20)7-10-26(15-23)8-1-9-27-13-19(17-5-11-30-14-17)21(28)25-22(27)29;/h2-3,5,11-14H,1,4,6-10,15H2,(H,25,28,29);1H. The molecule has 164 valence electrons. The Balaban J connectivity index is 0.00000231. The molecule has 0 radical (unpaired) electrons. The summed E-state index contributed by atoms with van der Waals surface area (Å²) in [5.41, 5.74) is 3.90. The zero-order valence-corrected chi connectivity index (χ0v) is 19.5. The molecule has 3 aromatic rings. The van der Waals surface area contributed by atoms with Crippen molar-refractivity contribution in [1.82, 2.24) is 14.5 Å². The normalized spacial score (nSPS) is 20.2. The van der Waals surface area contributed by atoms with Crippen LogP contribution in [0, 0.1) is 0 Å². The number of hydrogen-bond donors (Lipinski definition) is 1. The zero-order chi connectivity index (χ0) is 20.7. The van der Waals surface area contributed by atoms with Gasteiger partial charge in [-0.3, -0.25) is 14.3 Å². The number of thiophene rings is 1. The van der Waals surface area contributed by atoms with Gasteiger partial charge in [0, 0.05) is 29.7 Å². The van der Waals surface area contributed by atoms with Gasteiger partial charge in [-0.2, -0.15) is 11.3 Å². The molecule has 1 aliphatic heterocycles. The number of nitrogens with one attached hydrogen (secondary N) is 1. The summed E-state index contributed by atoms with van der Waals surface area (Å²) in [6.07, 6.45) is 6.07. The summed E-state index contributed by atoms with van der Waals surface area (Å²) in [7, 11) is 0. The van der Waals surface area contributed by atoms with Crippen molar-refractivity contribution in [2.45, 2.75) is 37.6 Å². The van der Waals surface area contributed by atoms with E-state index in [0.717, 1.165) is 43.1 Å². The molecular formula is C23H25Cl2N3O2S. The Labute approximate surface area is 196 Å². The minimum Gasteiger partial charge on any atom is -0.302 e. The summed E-state index contributed by atoms with van der Waals surface area (Å²) >= 11 is 7.72. The highest BCUT2D eigenvalue weighted by atomic mass is 35.5. The van der Waals surface area contributed by atoms with Gasteiger partial charge in [0.1, 0.15) is 0 Å². The average molecular weight is 478 g/mol. The number of aromatic nitrogens is 2. The number of rotatable bonds is 5. The van der Waals surface area contributed by atoms with Crippen LogP contribution in [-0.4, -0.2) is 34.1 Å². The topological polar surface area (TPSA) is 58.1 Å². The van der Waals surface area contributed by atoms with Gasteiger partial charge in [-0.1, -0.05) is 17.7 Å². The van der Waals surface area contributed by atoms with Gasteiger partial charge in [-0.15, -0.1) is 12.4 Å². The number of benzene rings is 1. The molecule has 31 heavy (non-hydrogen) atoms. The Kier molecular flexibility index (Phi) is 6.44. The maximum atomic E-state index is 12.2. The lowest BCUT2D eigenvalue weighted by Crippen LogP contribution is -2.32. The number of aryl methyl sites for hydroxylation is 2. The van der Waals surface area contributed by atoms with Gasteiger partial charge in [-0.05, 0) is 84.4 Å². The van der Waals surface area contributed by atoms with Gasteiger partial charge in [0.05, 0.1) is 5.56 Å². The molecule has 8 heteroatoms. The van der Waals surface area contributed by atoms with Crippen LogP contribution in [0.15, 0.2) is 50.8 Å². The van der Waals surface area contributed by atoms with Crippen LogP contribution in [-0.2, 0) is 18.4 Å². The third-order valence-corrected chi connectivity index (χ3v) is 7.58. The van der Waals surface area contributed by atoms with Crippen LogP contribution in [0.3, 0.4) is 0 Å². The van der Waals surface area contributed by atoms with Crippen LogP contribution < -0.4 is 11.2 Å². The second-order valence-corrected chi connectivity index (χ2v) is 9.69. The van der Waals surface area contributed by atoms with E-state index in [0.29, 0.717) is 12.1 Å². The number of aromatic amines is 1. The monoisotopic (exact) mass is 477 g/mol. The molecule has 0 saturated carbocycles. The molecule has 1 spiro atoms. The summed E-state index contributed by atoms with van der Waals surface area (Å²) in [4.78, 5) is 29.4. The molecule has 1 atom stereocenters. The molecule has 2 aromatic heterocycles. The van der Waals surface area contributed by atoms with E-state index in [1.807, 2.05) is 22.9 Å². The van der Waals surface area contributed by atoms with Crippen molar-refractivity contribution in [3.8, 4) is 11.1 Å². The number of halogens is 2. The van der Waals surface area contributed by atoms with E-state index in [-0.39, 0.29) is 29.1 Å². The molecule has 0 amide bonds. The van der Waals surface area contributed by atoms with Crippen molar-refractivity contribution in [3.05, 3.63) is 78.2 Å².